The molecule has 0 amide bonds. The second-order valence-electron chi connectivity index (χ2n) is 5.06. The van der Waals surface area contributed by atoms with E-state index in [2.05, 4.69) is 20.7 Å². The SMILES string of the molecule is CS(=O)(=O)NC[C@H]1CCCN(c2ncccc2C#N)C1. The number of rotatable bonds is 4. The second-order valence-corrected chi connectivity index (χ2v) is 6.89. The van der Waals surface area contributed by atoms with Crippen LogP contribution in [0.5, 0.6) is 0 Å². The maximum atomic E-state index is 11.1. The van der Waals surface area contributed by atoms with Gasteiger partial charge in [-0.25, -0.2) is 18.1 Å². The molecule has 1 aromatic rings. The van der Waals surface area contributed by atoms with E-state index in [0.717, 1.165) is 19.4 Å². The summed E-state index contributed by atoms with van der Waals surface area (Å²) < 4.78 is 24.8. The van der Waals surface area contributed by atoms with Gasteiger partial charge in [-0.05, 0) is 30.9 Å². The van der Waals surface area contributed by atoms with Crippen LogP contribution in [0.2, 0.25) is 0 Å². The van der Waals surface area contributed by atoms with E-state index in [1.165, 1.54) is 6.26 Å². The zero-order chi connectivity index (χ0) is 14.6. The van der Waals surface area contributed by atoms with Gasteiger partial charge in [0.2, 0.25) is 10.0 Å². The summed E-state index contributed by atoms with van der Waals surface area (Å²) in [4.78, 5) is 6.35. The van der Waals surface area contributed by atoms with E-state index in [4.69, 9.17) is 5.26 Å². The van der Waals surface area contributed by atoms with Crippen molar-refractivity contribution >= 4 is 15.8 Å². The van der Waals surface area contributed by atoms with Crippen LogP contribution < -0.4 is 9.62 Å². The van der Waals surface area contributed by atoms with Crippen molar-refractivity contribution in [1.82, 2.24) is 9.71 Å². The molecule has 20 heavy (non-hydrogen) atoms. The van der Waals surface area contributed by atoms with E-state index >= 15 is 0 Å². The summed E-state index contributed by atoms with van der Waals surface area (Å²) in [7, 11) is -3.15. The molecule has 0 aliphatic carbocycles. The molecule has 2 heterocycles. The van der Waals surface area contributed by atoms with Gasteiger partial charge in [0.15, 0.2) is 0 Å². The molecule has 6 nitrogen and oxygen atoms in total. The van der Waals surface area contributed by atoms with Crippen LogP contribution in [0, 0.1) is 17.2 Å². The first-order valence-corrected chi connectivity index (χ1v) is 8.43. The number of pyridine rings is 1. The van der Waals surface area contributed by atoms with Crippen molar-refractivity contribution in [3.63, 3.8) is 0 Å². The van der Waals surface area contributed by atoms with Gasteiger partial charge in [-0.1, -0.05) is 0 Å². The van der Waals surface area contributed by atoms with Crippen LogP contribution in [0.25, 0.3) is 0 Å². The minimum atomic E-state index is -3.15. The normalized spacial score (nSPS) is 19.6. The molecule has 0 bridgehead atoms. The third-order valence-corrected chi connectivity index (χ3v) is 4.05. The molecule has 0 saturated carbocycles. The molecule has 0 aromatic carbocycles. The lowest BCUT2D eigenvalue weighted by Crippen LogP contribution is -2.41. The highest BCUT2D eigenvalue weighted by atomic mass is 32.2. The molecular formula is C13H18N4O2S. The number of aromatic nitrogens is 1. The predicted octanol–water partition coefficient (Wildman–Crippen LogP) is 0.719. The molecule has 1 atom stereocenters. The number of nitrogens with one attached hydrogen (secondary N) is 1. The van der Waals surface area contributed by atoms with Gasteiger partial charge < -0.3 is 4.90 Å². The standard InChI is InChI=1S/C13H18N4O2S/c1-20(18,19)16-9-11-4-3-7-17(10-11)13-12(8-14)5-2-6-15-13/h2,5-6,11,16H,3-4,7,9-10H2,1H3/t11-/m1/s1. The van der Waals surface area contributed by atoms with E-state index < -0.39 is 10.0 Å². The fourth-order valence-corrected chi connectivity index (χ4v) is 2.97. The summed E-state index contributed by atoms with van der Waals surface area (Å²) in [6.45, 7) is 2.00. The maximum absolute atomic E-state index is 11.1. The van der Waals surface area contributed by atoms with Gasteiger partial charge in [0.25, 0.3) is 0 Å². The Morgan fingerprint density at radius 3 is 3.10 bits per heavy atom. The Hall–Kier alpha value is -1.65. The van der Waals surface area contributed by atoms with Gasteiger partial charge in [0.05, 0.1) is 11.8 Å². The molecule has 0 spiro atoms. The first-order valence-electron chi connectivity index (χ1n) is 6.54. The Labute approximate surface area is 119 Å². The number of nitriles is 1. The number of piperidine rings is 1. The van der Waals surface area contributed by atoms with Gasteiger partial charge in [-0.3, -0.25) is 0 Å². The fourth-order valence-electron chi connectivity index (χ4n) is 2.43. The molecule has 2 rings (SSSR count). The summed E-state index contributed by atoms with van der Waals surface area (Å²) in [5, 5.41) is 9.12. The predicted molar refractivity (Wildman–Crippen MR) is 76.7 cm³/mol. The highest BCUT2D eigenvalue weighted by Crippen LogP contribution is 2.23. The van der Waals surface area contributed by atoms with Crippen LogP contribution in [-0.2, 0) is 10.0 Å². The second kappa shape index (κ2) is 6.20. The number of nitrogens with zero attached hydrogens (tertiary/aromatic N) is 3. The van der Waals surface area contributed by atoms with Gasteiger partial charge in [0.1, 0.15) is 11.9 Å². The molecule has 0 radical (unpaired) electrons. The van der Waals surface area contributed by atoms with Crippen molar-refractivity contribution < 1.29 is 8.42 Å². The van der Waals surface area contributed by atoms with Gasteiger partial charge in [0, 0.05) is 25.8 Å². The lowest BCUT2D eigenvalue weighted by molar-refractivity contribution is 0.409. The number of hydrogen-bond donors (Lipinski definition) is 1. The van der Waals surface area contributed by atoms with Gasteiger partial charge in [-0.2, -0.15) is 5.26 Å². The molecule has 1 aromatic heterocycles. The highest BCUT2D eigenvalue weighted by Gasteiger charge is 2.23. The first kappa shape index (κ1) is 14.8. The van der Waals surface area contributed by atoms with Crippen molar-refractivity contribution in [3.05, 3.63) is 23.9 Å². The summed E-state index contributed by atoms with van der Waals surface area (Å²) >= 11 is 0. The van der Waals surface area contributed by atoms with E-state index in [1.807, 2.05) is 0 Å². The van der Waals surface area contributed by atoms with E-state index in [1.54, 1.807) is 18.3 Å². The minimum absolute atomic E-state index is 0.243. The molecule has 108 valence electrons. The average molecular weight is 294 g/mol. The number of anilines is 1. The molecule has 7 heteroatoms. The molecule has 0 unspecified atom stereocenters. The number of sulfonamides is 1. The van der Waals surface area contributed by atoms with Crippen molar-refractivity contribution in [2.45, 2.75) is 12.8 Å². The topological polar surface area (TPSA) is 86.1 Å². The van der Waals surface area contributed by atoms with Crippen molar-refractivity contribution in [3.8, 4) is 6.07 Å². The molecular weight excluding hydrogens is 276 g/mol. The lowest BCUT2D eigenvalue weighted by Gasteiger charge is -2.33. The van der Waals surface area contributed by atoms with Crippen LogP contribution in [0.4, 0.5) is 5.82 Å². The highest BCUT2D eigenvalue weighted by molar-refractivity contribution is 7.88. The zero-order valence-corrected chi connectivity index (χ0v) is 12.2. The lowest BCUT2D eigenvalue weighted by atomic mass is 9.98. The Kier molecular flexibility index (Phi) is 4.57. The molecule has 1 fully saturated rings. The third kappa shape index (κ3) is 3.92. The van der Waals surface area contributed by atoms with Crippen LogP contribution in [0.1, 0.15) is 18.4 Å². The van der Waals surface area contributed by atoms with E-state index in [9.17, 15) is 8.42 Å². The summed E-state index contributed by atoms with van der Waals surface area (Å²) in [5.74, 6) is 0.936. The maximum Gasteiger partial charge on any atom is 0.208 e. The van der Waals surface area contributed by atoms with E-state index in [-0.39, 0.29) is 5.92 Å². The summed E-state index contributed by atoms with van der Waals surface area (Å²) in [5.41, 5.74) is 0.559. The van der Waals surface area contributed by atoms with Crippen molar-refractivity contribution in [1.29, 1.82) is 5.26 Å². The third-order valence-electron chi connectivity index (χ3n) is 3.36. The summed E-state index contributed by atoms with van der Waals surface area (Å²) in [6, 6.07) is 5.64. The quantitative estimate of drug-likeness (QED) is 0.884. The fraction of sp³-hybridized carbons (Fsp3) is 0.538. The van der Waals surface area contributed by atoms with Crippen LogP contribution in [0.15, 0.2) is 18.3 Å². The average Bonchev–Trinajstić information content (AvgIpc) is 2.45. The number of hydrogen-bond acceptors (Lipinski definition) is 5. The molecule has 1 aliphatic heterocycles. The molecule has 1 N–H and O–H groups in total. The van der Waals surface area contributed by atoms with E-state index in [0.29, 0.717) is 24.5 Å². The Morgan fingerprint density at radius 2 is 2.40 bits per heavy atom. The van der Waals surface area contributed by atoms with Crippen LogP contribution in [-0.4, -0.2) is 39.3 Å². The Balaban J connectivity index is 2.05. The van der Waals surface area contributed by atoms with Crippen LogP contribution >= 0.6 is 0 Å². The zero-order valence-electron chi connectivity index (χ0n) is 11.4. The Bertz CT molecular complexity index is 609. The molecule has 1 aliphatic rings. The van der Waals surface area contributed by atoms with Crippen LogP contribution in [0.3, 0.4) is 0 Å². The minimum Gasteiger partial charge on any atom is -0.355 e. The monoisotopic (exact) mass is 294 g/mol. The van der Waals surface area contributed by atoms with Crippen molar-refractivity contribution in [2.75, 3.05) is 30.8 Å². The van der Waals surface area contributed by atoms with Gasteiger partial charge in [-0.15, -0.1) is 0 Å². The van der Waals surface area contributed by atoms with Gasteiger partial charge >= 0.3 is 0 Å². The summed E-state index contributed by atoms with van der Waals surface area (Å²) in [6.07, 6.45) is 4.79. The smallest absolute Gasteiger partial charge is 0.208 e. The molecule has 1 saturated heterocycles. The Morgan fingerprint density at radius 1 is 1.60 bits per heavy atom. The van der Waals surface area contributed by atoms with Crippen molar-refractivity contribution in [2.24, 2.45) is 5.92 Å². The largest absolute Gasteiger partial charge is 0.355 e. The first-order chi connectivity index (χ1) is 9.49.